The van der Waals surface area contributed by atoms with Crippen LogP contribution in [0.1, 0.15) is 69.2 Å². The molecule has 1 aromatic carbocycles. The van der Waals surface area contributed by atoms with E-state index in [1.165, 1.54) is 29.2 Å². The molecule has 0 unspecified atom stereocenters. The second-order valence-corrected chi connectivity index (χ2v) is 8.15. The first-order valence-corrected chi connectivity index (χ1v) is 11.3. The fourth-order valence-electron chi connectivity index (χ4n) is 4.44. The Bertz CT molecular complexity index is 1020. The molecule has 0 N–H and O–H groups in total. The molecular formula is C25H31FN2O5. The van der Waals surface area contributed by atoms with Crippen LogP contribution in [0.2, 0.25) is 0 Å². The molecule has 2 aromatic rings. The summed E-state index contributed by atoms with van der Waals surface area (Å²) in [6.07, 6.45) is 1.55. The lowest BCUT2D eigenvalue weighted by molar-refractivity contribution is 0.0505. The summed E-state index contributed by atoms with van der Waals surface area (Å²) in [5.74, 6) is -1.55. The number of aromatic nitrogens is 1. The number of nitrogens with zero attached hydrogens (tertiary/aromatic N) is 2. The van der Waals surface area contributed by atoms with Crippen molar-refractivity contribution in [3.05, 3.63) is 58.2 Å². The van der Waals surface area contributed by atoms with Gasteiger partial charge in [-0.05, 0) is 70.4 Å². The van der Waals surface area contributed by atoms with Crippen molar-refractivity contribution in [1.82, 2.24) is 9.47 Å². The fourth-order valence-corrected chi connectivity index (χ4v) is 4.44. The monoisotopic (exact) mass is 458 g/mol. The maximum absolute atomic E-state index is 13.5. The topological polar surface area (TPSA) is 77.8 Å². The zero-order valence-corrected chi connectivity index (χ0v) is 19.7. The van der Waals surface area contributed by atoms with Gasteiger partial charge >= 0.3 is 5.97 Å². The molecule has 1 aromatic heterocycles. The highest BCUT2D eigenvalue weighted by Crippen LogP contribution is 2.25. The standard InChI is InChI=1S/C25H31FN2O5/c1-5-28-17(4)22(16(3)23(28)25(31)32-6-2)21(29)15-27(14-20-8-7-13-33-20)24(30)18-9-11-19(26)12-10-18/h9-12,20H,5-8,13-15H2,1-4H3/t20-/m1/s1. The highest BCUT2D eigenvalue weighted by molar-refractivity contribution is 6.06. The van der Waals surface area contributed by atoms with Crippen molar-refractivity contribution in [2.45, 2.75) is 53.2 Å². The minimum Gasteiger partial charge on any atom is -0.461 e. The van der Waals surface area contributed by atoms with Crippen molar-refractivity contribution < 1.29 is 28.2 Å². The zero-order valence-electron chi connectivity index (χ0n) is 19.7. The number of carbonyl (C=O) groups is 3. The van der Waals surface area contributed by atoms with Gasteiger partial charge in [0.15, 0.2) is 5.78 Å². The summed E-state index contributed by atoms with van der Waals surface area (Å²) in [5, 5.41) is 0. The van der Waals surface area contributed by atoms with Crippen molar-refractivity contribution in [1.29, 1.82) is 0 Å². The summed E-state index contributed by atoms with van der Waals surface area (Å²) in [4.78, 5) is 40.7. The number of carbonyl (C=O) groups excluding carboxylic acids is 3. The fraction of sp³-hybridized carbons (Fsp3) is 0.480. The highest BCUT2D eigenvalue weighted by Gasteiger charge is 2.30. The first kappa shape index (κ1) is 24.6. The van der Waals surface area contributed by atoms with E-state index in [2.05, 4.69) is 0 Å². The second-order valence-electron chi connectivity index (χ2n) is 8.15. The van der Waals surface area contributed by atoms with Crippen LogP contribution in [-0.2, 0) is 16.0 Å². The van der Waals surface area contributed by atoms with Gasteiger partial charge in [0, 0.05) is 36.5 Å². The Hall–Kier alpha value is -3.00. The van der Waals surface area contributed by atoms with Gasteiger partial charge in [0.2, 0.25) is 0 Å². The largest absolute Gasteiger partial charge is 0.461 e. The maximum atomic E-state index is 13.5. The molecule has 1 aliphatic heterocycles. The molecule has 0 aliphatic carbocycles. The second kappa shape index (κ2) is 10.7. The summed E-state index contributed by atoms with van der Waals surface area (Å²) in [5.41, 5.74) is 2.28. The van der Waals surface area contributed by atoms with E-state index >= 15 is 0 Å². The molecule has 8 heteroatoms. The lowest BCUT2D eigenvalue weighted by atomic mass is 10.0. The quantitative estimate of drug-likeness (QED) is 0.420. The van der Waals surface area contributed by atoms with Crippen molar-refractivity contribution in [2.24, 2.45) is 0 Å². The molecule has 178 valence electrons. The minimum atomic E-state index is -0.474. The van der Waals surface area contributed by atoms with Gasteiger partial charge in [0.05, 0.1) is 19.3 Å². The van der Waals surface area contributed by atoms with Gasteiger partial charge in [-0.25, -0.2) is 9.18 Å². The summed E-state index contributed by atoms with van der Waals surface area (Å²) in [6.45, 7) is 8.59. The van der Waals surface area contributed by atoms with Crippen LogP contribution in [0.25, 0.3) is 0 Å². The van der Waals surface area contributed by atoms with E-state index in [4.69, 9.17) is 9.47 Å². The highest BCUT2D eigenvalue weighted by atomic mass is 19.1. The summed E-state index contributed by atoms with van der Waals surface area (Å²) in [7, 11) is 0. The Labute approximate surface area is 193 Å². The molecule has 0 bridgehead atoms. The van der Waals surface area contributed by atoms with E-state index in [1.807, 2.05) is 6.92 Å². The number of Topliss-reactive ketones (excluding diaryl/α,β-unsaturated/α-hetero) is 1. The Morgan fingerprint density at radius 2 is 1.88 bits per heavy atom. The minimum absolute atomic E-state index is 0.153. The molecule has 3 rings (SSSR count). The van der Waals surface area contributed by atoms with Gasteiger partial charge in [-0.15, -0.1) is 0 Å². The van der Waals surface area contributed by atoms with Crippen molar-refractivity contribution in [3.8, 4) is 0 Å². The van der Waals surface area contributed by atoms with Crippen LogP contribution >= 0.6 is 0 Å². The molecule has 1 atom stereocenters. The summed E-state index contributed by atoms with van der Waals surface area (Å²) >= 11 is 0. The summed E-state index contributed by atoms with van der Waals surface area (Å²) in [6, 6.07) is 5.27. The number of hydrogen-bond donors (Lipinski definition) is 0. The molecule has 2 heterocycles. The molecule has 0 saturated carbocycles. The Morgan fingerprint density at radius 3 is 2.45 bits per heavy atom. The van der Waals surface area contributed by atoms with Crippen molar-refractivity contribution >= 4 is 17.7 Å². The number of ether oxygens (including phenoxy) is 2. The normalized spacial score (nSPS) is 15.5. The molecule has 1 aliphatic rings. The molecule has 1 amide bonds. The van der Waals surface area contributed by atoms with Crippen LogP contribution in [0.5, 0.6) is 0 Å². The maximum Gasteiger partial charge on any atom is 0.355 e. The number of amides is 1. The SMILES string of the molecule is CCOC(=O)c1c(C)c(C(=O)CN(C[C@H]2CCCO2)C(=O)c2ccc(F)cc2)c(C)n1CC. The smallest absolute Gasteiger partial charge is 0.355 e. The third kappa shape index (κ3) is 5.33. The van der Waals surface area contributed by atoms with Crippen LogP contribution in [0.3, 0.4) is 0 Å². The van der Waals surface area contributed by atoms with E-state index in [0.29, 0.717) is 41.2 Å². The first-order valence-electron chi connectivity index (χ1n) is 11.3. The molecule has 0 spiro atoms. The van der Waals surface area contributed by atoms with E-state index < -0.39 is 11.8 Å². The van der Waals surface area contributed by atoms with Crippen LogP contribution in [0.4, 0.5) is 4.39 Å². The van der Waals surface area contributed by atoms with Gasteiger partial charge in [0.25, 0.3) is 5.91 Å². The number of benzene rings is 1. The number of rotatable bonds is 9. The first-order chi connectivity index (χ1) is 15.8. The van der Waals surface area contributed by atoms with Gasteiger partial charge in [-0.1, -0.05) is 0 Å². The van der Waals surface area contributed by atoms with Crippen LogP contribution in [-0.4, -0.2) is 59.5 Å². The lowest BCUT2D eigenvalue weighted by Gasteiger charge is -2.25. The molecule has 33 heavy (non-hydrogen) atoms. The van der Waals surface area contributed by atoms with Gasteiger partial charge < -0.3 is 18.9 Å². The molecule has 7 nitrogen and oxygen atoms in total. The number of esters is 1. The van der Waals surface area contributed by atoms with E-state index in [1.54, 1.807) is 25.3 Å². The third-order valence-electron chi connectivity index (χ3n) is 5.99. The average Bonchev–Trinajstić information content (AvgIpc) is 3.38. The molecule has 1 fully saturated rings. The Balaban J connectivity index is 1.92. The predicted molar refractivity (Wildman–Crippen MR) is 121 cm³/mol. The Morgan fingerprint density at radius 1 is 1.18 bits per heavy atom. The van der Waals surface area contributed by atoms with Crippen LogP contribution in [0.15, 0.2) is 24.3 Å². The summed E-state index contributed by atoms with van der Waals surface area (Å²) < 4.78 is 26.0. The number of halogens is 1. The van der Waals surface area contributed by atoms with Gasteiger partial charge in [-0.3, -0.25) is 9.59 Å². The Kier molecular flexibility index (Phi) is 8.02. The van der Waals surface area contributed by atoms with E-state index in [0.717, 1.165) is 12.8 Å². The van der Waals surface area contributed by atoms with Crippen molar-refractivity contribution in [2.75, 3.05) is 26.3 Å². The third-order valence-corrected chi connectivity index (χ3v) is 5.99. The zero-order chi connectivity index (χ0) is 24.1. The lowest BCUT2D eigenvalue weighted by Crippen LogP contribution is -2.41. The predicted octanol–water partition coefficient (Wildman–Crippen LogP) is 3.94. The van der Waals surface area contributed by atoms with E-state index in [-0.39, 0.29) is 37.5 Å². The number of hydrogen-bond acceptors (Lipinski definition) is 5. The van der Waals surface area contributed by atoms with Gasteiger partial charge in [-0.2, -0.15) is 0 Å². The molecule has 0 radical (unpaired) electrons. The molecular weight excluding hydrogens is 427 g/mol. The van der Waals surface area contributed by atoms with Crippen LogP contribution in [0, 0.1) is 19.7 Å². The van der Waals surface area contributed by atoms with Crippen LogP contribution < -0.4 is 0 Å². The van der Waals surface area contributed by atoms with E-state index in [9.17, 15) is 18.8 Å². The number of ketones is 1. The van der Waals surface area contributed by atoms with Crippen molar-refractivity contribution in [3.63, 3.8) is 0 Å². The average molecular weight is 459 g/mol. The van der Waals surface area contributed by atoms with Gasteiger partial charge in [0.1, 0.15) is 11.5 Å². The molecule has 1 saturated heterocycles.